The summed E-state index contributed by atoms with van der Waals surface area (Å²) in [4.78, 5) is 1.93. The average molecular weight is 280 g/mol. The maximum absolute atomic E-state index is 8.85. The molecule has 0 aliphatic heterocycles. The van der Waals surface area contributed by atoms with E-state index < -0.39 is 0 Å². The highest BCUT2D eigenvalue weighted by Gasteiger charge is 2.08. The molecule has 78 valence electrons. The second kappa shape index (κ2) is 5.42. The molecule has 0 radical (unpaired) electrons. The smallest absolute Gasteiger partial charge is 0.101 e. The lowest BCUT2D eigenvalue weighted by molar-refractivity contribution is 1.44. The molecule has 6 heteroatoms. The van der Waals surface area contributed by atoms with E-state index in [4.69, 9.17) is 10.5 Å². The van der Waals surface area contributed by atoms with Crippen molar-refractivity contribution in [2.24, 2.45) is 0 Å². The van der Waals surface area contributed by atoms with Crippen molar-refractivity contribution in [1.82, 2.24) is 0 Å². The largest absolute Gasteiger partial charge is 0.192 e. The summed E-state index contributed by atoms with van der Waals surface area (Å²) in [5, 5.41) is 25.3. The Labute approximate surface area is 109 Å². The Morgan fingerprint density at radius 3 is 1.62 bits per heavy atom. The first-order valence-corrected chi connectivity index (χ1v) is 8.16. The highest BCUT2D eigenvalue weighted by molar-refractivity contribution is 8.76. The fourth-order valence-corrected chi connectivity index (χ4v) is 5.37. The molecule has 0 aliphatic carbocycles. The van der Waals surface area contributed by atoms with Crippen LogP contribution >= 0.6 is 44.3 Å². The number of thiophene rings is 2. The Bertz CT molecular complexity index is 518. The van der Waals surface area contributed by atoms with Crippen LogP contribution in [0, 0.1) is 22.7 Å². The molecule has 2 nitrogen and oxygen atoms in total. The fraction of sp³-hybridized carbons (Fsp3) is 0. The lowest BCUT2D eigenvalue weighted by Crippen LogP contribution is -1.71. The maximum atomic E-state index is 8.85. The summed E-state index contributed by atoms with van der Waals surface area (Å²) in [6.45, 7) is 0. The summed E-state index contributed by atoms with van der Waals surface area (Å²) in [5.74, 6) is 0. The van der Waals surface area contributed by atoms with Crippen molar-refractivity contribution < 1.29 is 0 Å². The summed E-state index contributed by atoms with van der Waals surface area (Å²) < 4.78 is 0. The zero-order chi connectivity index (χ0) is 11.4. The third-order valence-electron chi connectivity index (χ3n) is 1.71. The van der Waals surface area contributed by atoms with E-state index in [0.29, 0.717) is 11.1 Å². The van der Waals surface area contributed by atoms with Gasteiger partial charge in [-0.15, -0.1) is 22.7 Å². The predicted octanol–water partition coefficient (Wildman–Crippen LogP) is 4.35. The van der Waals surface area contributed by atoms with Crippen molar-refractivity contribution >= 4 is 44.3 Å². The van der Waals surface area contributed by atoms with Crippen LogP contribution in [0.15, 0.2) is 31.3 Å². The fourth-order valence-electron chi connectivity index (χ4n) is 0.953. The molecule has 16 heavy (non-hydrogen) atoms. The van der Waals surface area contributed by atoms with Gasteiger partial charge >= 0.3 is 0 Å². The van der Waals surface area contributed by atoms with E-state index >= 15 is 0 Å². The second-order valence-electron chi connectivity index (χ2n) is 2.69. The SMILES string of the molecule is N#Cc1cscc1SSc1cscc1C#N. The topological polar surface area (TPSA) is 47.6 Å². The van der Waals surface area contributed by atoms with Crippen molar-refractivity contribution in [3.8, 4) is 12.1 Å². The van der Waals surface area contributed by atoms with E-state index in [-0.39, 0.29) is 0 Å². The van der Waals surface area contributed by atoms with E-state index in [1.165, 1.54) is 44.3 Å². The highest BCUT2D eigenvalue weighted by atomic mass is 33.1. The maximum Gasteiger partial charge on any atom is 0.101 e. The van der Waals surface area contributed by atoms with Crippen LogP contribution in [-0.2, 0) is 0 Å². The van der Waals surface area contributed by atoms with Gasteiger partial charge in [-0.05, 0) is 0 Å². The summed E-state index contributed by atoms with van der Waals surface area (Å²) in [5.41, 5.74) is 1.41. The highest BCUT2D eigenvalue weighted by Crippen LogP contribution is 2.42. The molecule has 2 rings (SSSR count). The van der Waals surface area contributed by atoms with Gasteiger partial charge in [-0.3, -0.25) is 0 Å². The third-order valence-corrected chi connectivity index (χ3v) is 5.95. The minimum absolute atomic E-state index is 0.705. The normalized spacial score (nSPS) is 9.62. The molecule has 0 atom stereocenters. The molecule has 2 aromatic heterocycles. The lowest BCUT2D eigenvalue weighted by atomic mass is 10.4. The van der Waals surface area contributed by atoms with Gasteiger partial charge in [0.05, 0.1) is 11.1 Å². The molecule has 2 heterocycles. The minimum Gasteiger partial charge on any atom is -0.192 e. The molecular weight excluding hydrogens is 276 g/mol. The number of nitrogens with zero attached hydrogens (tertiary/aromatic N) is 2. The molecule has 0 amide bonds. The van der Waals surface area contributed by atoms with Crippen LogP contribution < -0.4 is 0 Å². The van der Waals surface area contributed by atoms with Gasteiger partial charge in [-0.2, -0.15) is 10.5 Å². The quantitative estimate of drug-likeness (QED) is 0.784. The first kappa shape index (κ1) is 11.6. The van der Waals surface area contributed by atoms with Crippen molar-refractivity contribution in [1.29, 1.82) is 10.5 Å². The van der Waals surface area contributed by atoms with Gasteiger partial charge in [0.2, 0.25) is 0 Å². The summed E-state index contributed by atoms with van der Waals surface area (Å²) >= 11 is 3.04. The van der Waals surface area contributed by atoms with Gasteiger partial charge in [0.25, 0.3) is 0 Å². The minimum atomic E-state index is 0.705. The van der Waals surface area contributed by atoms with Gasteiger partial charge in [0, 0.05) is 31.3 Å². The molecule has 0 aliphatic rings. The van der Waals surface area contributed by atoms with Crippen LogP contribution in [0.4, 0.5) is 0 Å². The molecule has 0 fully saturated rings. The van der Waals surface area contributed by atoms with Crippen molar-refractivity contribution in [2.75, 3.05) is 0 Å². The Morgan fingerprint density at radius 1 is 0.812 bits per heavy atom. The van der Waals surface area contributed by atoms with Crippen LogP contribution in [0.1, 0.15) is 11.1 Å². The van der Waals surface area contributed by atoms with E-state index in [9.17, 15) is 0 Å². The molecule has 0 bridgehead atoms. The molecule has 0 saturated heterocycles. The van der Waals surface area contributed by atoms with Gasteiger partial charge in [-0.1, -0.05) is 21.6 Å². The van der Waals surface area contributed by atoms with Crippen LogP contribution in [-0.4, -0.2) is 0 Å². The predicted molar refractivity (Wildman–Crippen MR) is 69.8 cm³/mol. The Balaban J connectivity index is 2.09. The molecule has 0 unspecified atom stereocenters. The van der Waals surface area contributed by atoms with E-state index in [2.05, 4.69) is 12.1 Å². The van der Waals surface area contributed by atoms with Gasteiger partial charge < -0.3 is 0 Å². The summed E-state index contributed by atoms with van der Waals surface area (Å²) in [6.07, 6.45) is 0. The zero-order valence-electron chi connectivity index (χ0n) is 7.84. The monoisotopic (exact) mass is 280 g/mol. The lowest BCUT2D eigenvalue weighted by Gasteiger charge is -1.96. The second-order valence-corrected chi connectivity index (χ2v) is 6.39. The van der Waals surface area contributed by atoms with E-state index in [1.54, 1.807) is 0 Å². The van der Waals surface area contributed by atoms with Gasteiger partial charge in [0.1, 0.15) is 12.1 Å². The molecule has 0 spiro atoms. The summed E-state index contributed by atoms with van der Waals surface area (Å²) in [6, 6.07) is 4.30. The zero-order valence-corrected chi connectivity index (χ0v) is 11.1. The number of nitriles is 2. The molecule has 0 saturated carbocycles. The van der Waals surface area contributed by atoms with Gasteiger partial charge in [-0.25, -0.2) is 0 Å². The van der Waals surface area contributed by atoms with Crippen molar-refractivity contribution in [3.05, 3.63) is 32.6 Å². The molecular formula is C10H4N2S4. The van der Waals surface area contributed by atoms with Crippen LogP contribution in [0.3, 0.4) is 0 Å². The van der Waals surface area contributed by atoms with Crippen LogP contribution in [0.2, 0.25) is 0 Å². The molecule has 0 N–H and O–H groups in total. The van der Waals surface area contributed by atoms with E-state index in [0.717, 1.165) is 9.79 Å². The number of hydrogen-bond acceptors (Lipinski definition) is 6. The first-order valence-electron chi connectivity index (χ1n) is 4.12. The molecule has 2 aromatic rings. The van der Waals surface area contributed by atoms with Crippen molar-refractivity contribution in [3.63, 3.8) is 0 Å². The Kier molecular flexibility index (Phi) is 3.92. The average Bonchev–Trinajstić information content (AvgIpc) is 2.94. The Morgan fingerprint density at radius 2 is 1.25 bits per heavy atom. The van der Waals surface area contributed by atoms with Crippen LogP contribution in [0.25, 0.3) is 0 Å². The first-order chi connectivity index (χ1) is 7.85. The number of hydrogen-bond donors (Lipinski definition) is 0. The number of rotatable bonds is 3. The van der Waals surface area contributed by atoms with Crippen molar-refractivity contribution in [2.45, 2.75) is 9.79 Å². The molecule has 0 aromatic carbocycles. The standard InChI is InChI=1S/C10H4N2S4/c11-1-7-3-13-5-9(7)15-16-10-6-14-4-8(10)2-12/h3-6H. The Hall–Kier alpha value is -0.920. The van der Waals surface area contributed by atoms with E-state index in [1.807, 2.05) is 21.5 Å². The van der Waals surface area contributed by atoms with Crippen LogP contribution in [0.5, 0.6) is 0 Å². The third kappa shape index (κ3) is 2.42. The van der Waals surface area contributed by atoms with Gasteiger partial charge in [0.15, 0.2) is 0 Å². The summed E-state index contributed by atoms with van der Waals surface area (Å²) in [7, 11) is 3.05.